The summed E-state index contributed by atoms with van der Waals surface area (Å²) in [4.78, 5) is 28.4. The Morgan fingerprint density at radius 1 is 0.921 bits per heavy atom. The van der Waals surface area contributed by atoms with Gasteiger partial charge in [0.15, 0.2) is 0 Å². The van der Waals surface area contributed by atoms with Crippen LogP contribution in [0.15, 0.2) is 83.8 Å². The Kier molecular flexibility index (Phi) is 9.94. The summed E-state index contributed by atoms with van der Waals surface area (Å²) < 4.78 is 28.5. The second-order valence-corrected chi connectivity index (χ2v) is 11.6. The van der Waals surface area contributed by atoms with Gasteiger partial charge < -0.3 is 10.2 Å². The Morgan fingerprint density at radius 3 is 2.11 bits per heavy atom. The summed E-state index contributed by atoms with van der Waals surface area (Å²) in [5.41, 5.74) is 2.19. The van der Waals surface area contributed by atoms with Gasteiger partial charge in [0, 0.05) is 17.6 Å². The highest BCUT2D eigenvalue weighted by molar-refractivity contribution is 7.92. The van der Waals surface area contributed by atoms with Crippen LogP contribution in [0, 0.1) is 6.92 Å². The fraction of sp³-hybridized carbons (Fsp3) is 0.310. The molecule has 0 aliphatic heterocycles. The van der Waals surface area contributed by atoms with Crippen LogP contribution in [0.5, 0.6) is 0 Å². The van der Waals surface area contributed by atoms with Crippen molar-refractivity contribution in [2.24, 2.45) is 0 Å². The molecule has 3 rings (SSSR count). The zero-order valence-electron chi connectivity index (χ0n) is 22.1. The van der Waals surface area contributed by atoms with E-state index in [0.29, 0.717) is 10.7 Å². The van der Waals surface area contributed by atoms with Gasteiger partial charge in [-0.15, -0.1) is 0 Å². The van der Waals surface area contributed by atoms with E-state index in [4.69, 9.17) is 11.6 Å². The number of halogens is 1. The average molecular weight is 556 g/mol. The maximum atomic E-state index is 13.9. The number of carbonyl (C=O) groups is 2. The van der Waals surface area contributed by atoms with Crippen LogP contribution in [-0.2, 0) is 26.2 Å². The molecule has 0 aromatic heterocycles. The highest BCUT2D eigenvalue weighted by atomic mass is 35.5. The molecule has 202 valence electrons. The van der Waals surface area contributed by atoms with Gasteiger partial charge in [-0.3, -0.25) is 13.9 Å². The Balaban J connectivity index is 2.00. The molecule has 38 heavy (non-hydrogen) atoms. The standard InChI is InChI=1S/C29H34ClN3O4S/c1-5-22(3)31-29(35)23(4)32(19-24-13-11-21(2)12-14-24)28(34)20-33(26-17-15-25(30)16-18-26)38(36,37)27-9-7-6-8-10-27/h6-18,22-23H,5,19-20H2,1-4H3,(H,31,35)/t22-,23-/m0/s1. The van der Waals surface area contributed by atoms with Gasteiger partial charge in [-0.1, -0.05) is 66.6 Å². The summed E-state index contributed by atoms with van der Waals surface area (Å²) >= 11 is 6.05. The Bertz CT molecular complexity index is 1330. The minimum Gasteiger partial charge on any atom is -0.352 e. The van der Waals surface area contributed by atoms with Crippen molar-refractivity contribution in [2.45, 2.75) is 57.6 Å². The lowest BCUT2D eigenvalue weighted by Crippen LogP contribution is -2.52. The van der Waals surface area contributed by atoms with E-state index in [1.54, 1.807) is 49.4 Å². The number of carbonyl (C=O) groups excluding carboxylic acids is 2. The molecule has 0 saturated heterocycles. The summed E-state index contributed by atoms with van der Waals surface area (Å²) in [5, 5.41) is 3.37. The minimum absolute atomic E-state index is 0.0513. The smallest absolute Gasteiger partial charge is 0.264 e. The molecule has 0 fully saturated rings. The average Bonchev–Trinajstić information content (AvgIpc) is 2.91. The molecule has 2 atom stereocenters. The molecule has 3 aromatic carbocycles. The monoisotopic (exact) mass is 555 g/mol. The molecule has 0 radical (unpaired) electrons. The van der Waals surface area contributed by atoms with E-state index < -0.39 is 28.5 Å². The second kappa shape index (κ2) is 12.9. The van der Waals surface area contributed by atoms with Gasteiger partial charge >= 0.3 is 0 Å². The van der Waals surface area contributed by atoms with Crippen molar-refractivity contribution >= 4 is 39.1 Å². The van der Waals surface area contributed by atoms with E-state index in [0.717, 1.165) is 21.9 Å². The first-order valence-corrected chi connectivity index (χ1v) is 14.3. The normalized spacial score (nSPS) is 12.9. The third-order valence-corrected chi connectivity index (χ3v) is 8.41. The fourth-order valence-electron chi connectivity index (χ4n) is 3.79. The topological polar surface area (TPSA) is 86.8 Å². The summed E-state index contributed by atoms with van der Waals surface area (Å²) in [6.07, 6.45) is 0.740. The van der Waals surface area contributed by atoms with Gasteiger partial charge in [-0.05, 0) is 69.2 Å². The maximum absolute atomic E-state index is 13.9. The highest BCUT2D eigenvalue weighted by Gasteiger charge is 2.32. The molecule has 0 saturated carbocycles. The Labute approximate surface area is 230 Å². The molecule has 1 N–H and O–H groups in total. The van der Waals surface area contributed by atoms with Gasteiger partial charge in [0.1, 0.15) is 12.6 Å². The van der Waals surface area contributed by atoms with Crippen LogP contribution in [-0.4, -0.2) is 43.8 Å². The third-order valence-electron chi connectivity index (χ3n) is 6.37. The van der Waals surface area contributed by atoms with Crippen molar-refractivity contribution in [1.82, 2.24) is 10.2 Å². The van der Waals surface area contributed by atoms with E-state index in [1.165, 1.54) is 17.0 Å². The van der Waals surface area contributed by atoms with E-state index in [-0.39, 0.29) is 23.4 Å². The lowest BCUT2D eigenvalue weighted by Gasteiger charge is -2.32. The predicted octanol–water partition coefficient (Wildman–Crippen LogP) is 5.18. The SMILES string of the molecule is CC[C@H](C)NC(=O)[C@H](C)N(Cc1ccc(C)cc1)C(=O)CN(c1ccc(Cl)cc1)S(=O)(=O)c1ccccc1. The van der Waals surface area contributed by atoms with Gasteiger partial charge in [0.05, 0.1) is 10.6 Å². The first kappa shape index (κ1) is 29.2. The number of sulfonamides is 1. The number of hydrogen-bond acceptors (Lipinski definition) is 4. The maximum Gasteiger partial charge on any atom is 0.264 e. The zero-order valence-corrected chi connectivity index (χ0v) is 23.7. The van der Waals surface area contributed by atoms with E-state index >= 15 is 0 Å². The van der Waals surface area contributed by atoms with E-state index in [1.807, 2.05) is 45.0 Å². The Hall–Kier alpha value is -3.36. The van der Waals surface area contributed by atoms with Crippen LogP contribution in [0.4, 0.5) is 5.69 Å². The molecule has 9 heteroatoms. The molecule has 0 aliphatic rings. The quantitative estimate of drug-likeness (QED) is 0.353. The lowest BCUT2D eigenvalue weighted by molar-refractivity contribution is -0.139. The van der Waals surface area contributed by atoms with Crippen LogP contribution in [0.3, 0.4) is 0 Å². The number of nitrogens with zero attached hydrogens (tertiary/aromatic N) is 2. The first-order valence-electron chi connectivity index (χ1n) is 12.5. The first-order chi connectivity index (χ1) is 18.0. The van der Waals surface area contributed by atoms with Gasteiger partial charge in [-0.2, -0.15) is 0 Å². The highest BCUT2D eigenvalue weighted by Crippen LogP contribution is 2.26. The molecule has 0 spiro atoms. The van der Waals surface area contributed by atoms with Crippen molar-refractivity contribution in [3.8, 4) is 0 Å². The third kappa shape index (κ3) is 7.36. The fourth-order valence-corrected chi connectivity index (χ4v) is 5.36. The van der Waals surface area contributed by atoms with Crippen LogP contribution in [0.2, 0.25) is 5.02 Å². The molecule has 0 heterocycles. The van der Waals surface area contributed by atoms with Crippen molar-refractivity contribution in [1.29, 1.82) is 0 Å². The molecule has 0 bridgehead atoms. The number of anilines is 1. The largest absolute Gasteiger partial charge is 0.352 e. The van der Waals surface area contributed by atoms with E-state index in [9.17, 15) is 18.0 Å². The molecular formula is C29H34ClN3O4S. The van der Waals surface area contributed by atoms with Crippen LogP contribution < -0.4 is 9.62 Å². The summed E-state index contributed by atoms with van der Waals surface area (Å²) in [5.74, 6) is -0.810. The summed E-state index contributed by atoms with van der Waals surface area (Å²) in [6, 6.07) is 20.9. The summed E-state index contributed by atoms with van der Waals surface area (Å²) in [6.45, 7) is 7.13. The van der Waals surface area contributed by atoms with Crippen LogP contribution in [0.25, 0.3) is 0 Å². The van der Waals surface area contributed by atoms with Gasteiger partial charge in [-0.25, -0.2) is 8.42 Å². The van der Waals surface area contributed by atoms with Gasteiger partial charge in [0.25, 0.3) is 10.0 Å². The molecule has 0 unspecified atom stereocenters. The zero-order chi connectivity index (χ0) is 27.9. The van der Waals surface area contributed by atoms with Crippen molar-refractivity contribution in [3.05, 3.63) is 95.0 Å². The number of rotatable bonds is 11. The van der Waals surface area contributed by atoms with Crippen molar-refractivity contribution in [3.63, 3.8) is 0 Å². The number of hydrogen-bond donors (Lipinski definition) is 1. The lowest BCUT2D eigenvalue weighted by atomic mass is 10.1. The molecule has 7 nitrogen and oxygen atoms in total. The number of amides is 2. The summed E-state index contributed by atoms with van der Waals surface area (Å²) in [7, 11) is -4.10. The predicted molar refractivity (Wildman–Crippen MR) is 152 cm³/mol. The van der Waals surface area contributed by atoms with Gasteiger partial charge in [0.2, 0.25) is 11.8 Å². The molecule has 3 aromatic rings. The van der Waals surface area contributed by atoms with Crippen molar-refractivity contribution in [2.75, 3.05) is 10.8 Å². The van der Waals surface area contributed by atoms with Crippen LogP contribution in [0.1, 0.15) is 38.3 Å². The minimum atomic E-state index is -4.10. The molecular weight excluding hydrogens is 522 g/mol. The number of aryl methyl sites for hydroxylation is 1. The number of nitrogens with one attached hydrogen (secondary N) is 1. The molecule has 2 amide bonds. The van der Waals surface area contributed by atoms with E-state index in [2.05, 4.69) is 5.32 Å². The van der Waals surface area contributed by atoms with Crippen molar-refractivity contribution < 1.29 is 18.0 Å². The van der Waals surface area contributed by atoms with Crippen LogP contribution >= 0.6 is 11.6 Å². The Morgan fingerprint density at radius 2 is 1.53 bits per heavy atom. The number of benzene rings is 3. The second-order valence-electron chi connectivity index (χ2n) is 9.30. The molecule has 0 aliphatic carbocycles.